The number of benzene rings is 1. The maximum atomic E-state index is 13.6. The first-order valence-electron chi connectivity index (χ1n) is 5.02. The van der Waals surface area contributed by atoms with Gasteiger partial charge < -0.3 is 10.6 Å². The second-order valence-electron chi connectivity index (χ2n) is 3.39. The van der Waals surface area contributed by atoms with Crippen LogP contribution in [0, 0.1) is 5.82 Å². The van der Waals surface area contributed by atoms with E-state index in [2.05, 4.69) is 36.5 Å². The van der Waals surface area contributed by atoms with Gasteiger partial charge in [-0.25, -0.2) is 9.37 Å². The topological polar surface area (TPSA) is 49.8 Å². The molecule has 1 aromatic heterocycles. The van der Waals surface area contributed by atoms with Crippen LogP contribution >= 0.6 is 27.5 Å². The third-order valence-corrected chi connectivity index (χ3v) is 2.96. The van der Waals surface area contributed by atoms with Gasteiger partial charge in [0.05, 0.1) is 10.2 Å². The molecule has 2 N–H and O–H groups in total. The Hall–Kier alpha value is -1.40. The molecule has 2 rings (SSSR count). The van der Waals surface area contributed by atoms with Crippen molar-refractivity contribution in [1.29, 1.82) is 0 Å². The predicted octanol–water partition coefficient (Wildman–Crippen LogP) is 3.82. The predicted molar refractivity (Wildman–Crippen MR) is 74.0 cm³/mol. The summed E-state index contributed by atoms with van der Waals surface area (Å²) in [4.78, 5) is 8.18. The minimum atomic E-state index is -0.407. The molecule has 0 bridgehead atoms. The Bertz CT molecular complexity index is 579. The van der Waals surface area contributed by atoms with Crippen LogP contribution in [0.3, 0.4) is 0 Å². The van der Waals surface area contributed by atoms with Gasteiger partial charge in [0.1, 0.15) is 11.6 Å². The van der Waals surface area contributed by atoms with Crippen molar-refractivity contribution in [3.8, 4) is 0 Å². The molecule has 2 aromatic rings. The maximum absolute atomic E-state index is 13.6. The van der Waals surface area contributed by atoms with E-state index in [0.29, 0.717) is 21.3 Å². The molecule has 0 aliphatic rings. The van der Waals surface area contributed by atoms with Gasteiger partial charge in [-0.2, -0.15) is 4.98 Å². The van der Waals surface area contributed by atoms with Crippen LogP contribution in [0.4, 0.5) is 21.8 Å². The molecule has 1 aromatic carbocycles. The van der Waals surface area contributed by atoms with Gasteiger partial charge >= 0.3 is 0 Å². The number of anilines is 3. The van der Waals surface area contributed by atoms with Crippen molar-refractivity contribution in [3.05, 3.63) is 39.7 Å². The SMILES string of the molecule is CNc1ncc(Br)c(Nc2cc(Cl)ccc2F)n1. The van der Waals surface area contributed by atoms with E-state index in [9.17, 15) is 4.39 Å². The lowest BCUT2D eigenvalue weighted by Crippen LogP contribution is -2.02. The monoisotopic (exact) mass is 330 g/mol. The zero-order valence-electron chi connectivity index (χ0n) is 9.34. The van der Waals surface area contributed by atoms with E-state index >= 15 is 0 Å². The number of hydrogen-bond acceptors (Lipinski definition) is 4. The Morgan fingerprint density at radius 2 is 2.17 bits per heavy atom. The summed E-state index contributed by atoms with van der Waals surface area (Å²) in [6.45, 7) is 0. The van der Waals surface area contributed by atoms with Crippen molar-refractivity contribution in [1.82, 2.24) is 9.97 Å². The molecule has 4 nitrogen and oxygen atoms in total. The quantitative estimate of drug-likeness (QED) is 0.898. The number of halogens is 3. The molecule has 7 heteroatoms. The van der Waals surface area contributed by atoms with Gasteiger partial charge in [-0.3, -0.25) is 0 Å². The number of nitrogens with zero attached hydrogens (tertiary/aromatic N) is 2. The summed E-state index contributed by atoms with van der Waals surface area (Å²) in [6.07, 6.45) is 1.57. The van der Waals surface area contributed by atoms with Crippen molar-refractivity contribution in [2.45, 2.75) is 0 Å². The number of hydrogen-bond donors (Lipinski definition) is 2. The van der Waals surface area contributed by atoms with Gasteiger partial charge in [0.25, 0.3) is 0 Å². The van der Waals surface area contributed by atoms with Crippen molar-refractivity contribution in [2.75, 3.05) is 17.7 Å². The summed E-state index contributed by atoms with van der Waals surface area (Å²) < 4.78 is 14.2. The summed E-state index contributed by atoms with van der Waals surface area (Å²) in [5, 5.41) is 6.10. The lowest BCUT2D eigenvalue weighted by atomic mass is 10.3. The van der Waals surface area contributed by atoms with Crippen LogP contribution in [0.15, 0.2) is 28.9 Å². The molecule has 0 radical (unpaired) electrons. The van der Waals surface area contributed by atoms with Crippen LogP contribution in [0.2, 0.25) is 5.02 Å². The van der Waals surface area contributed by atoms with Crippen LogP contribution in [-0.4, -0.2) is 17.0 Å². The average Bonchev–Trinajstić information content (AvgIpc) is 2.36. The van der Waals surface area contributed by atoms with Crippen molar-refractivity contribution >= 4 is 45.0 Å². The Labute approximate surface area is 117 Å². The molecule has 0 saturated carbocycles. The Balaban J connectivity index is 2.36. The van der Waals surface area contributed by atoms with Crippen LogP contribution < -0.4 is 10.6 Å². The van der Waals surface area contributed by atoms with E-state index in [0.717, 1.165) is 0 Å². The fourth-order valence-electron chi connectivity index (χ4n) is 1.30. The molecular formula is C11H9BrClFN4. The molecule has 94 valence electrons. The lowest BCUT2D eigenvalue weighted by Gasteiger charge is -2.09. The van der Waals surface area contributed by atoms with E-state index < -0.39 is 5.82 Å². The molecular weight excluding hydrogens is 323 g/mol. The lowest BCUT2D eigenvalue weighted by molar-refractivity contribution is 0.632. The fraction of sp³-hybridized carbons (Fsp3) is 0.0909. The largest absolute Gasteiger partial charge is 0.357 e. The fourth-order valence-corrected chi connectivity index (χ4v) is 1.76. The standard InChI is InChI=1S/C11H9BrClFN4/c1-15-11-16-5-7(12)10(18-11)17-9-4-6(13)2-3-8(9)14/h2-5H,1H3,(H2,15,16,17,18). The zero-order chi connectivity index (χ0) is 13.1. The van der Waals surface area contributed by atoms with E-state index in [1.54, 1.807) is 13.2 Å². The average molecular weight is 332 g/mol. The second-order valence-corrected chi connectivity index (χ2v) is 4.68. The first kappa shape index (κ1) is 13.0. The van der Waals surface area contributed by atoms with Crippen molar-refractivity contribution in [2.24, 2.45) is 0 Å². The summed E-state index contributed by atoms with van der Waals surface area (Å²) in [5.41, 5.74) is 0.254. The zero-order valence-corrected chi connectivity index (χ0v) is 11.7. The molecule has 0 saturated heterocycles. The molecule has 0 aliphatic heterocycles. The smallest absolute Gasteiger partial charge is 0.224 e. The van der Waals surface area contributed by atoms with Crippen molar-refractivity contribution in [3.63, 3.8) is 0 Å². The summed E-state index contributed by atoms with van der Waals surface area (Å²) >= 11 is 9.11. The number of nitrogens with one attached hydrogen (secondary N) is 2. The Morgan fingerprint density at radius 1 is 1.39 bits per heavy atom. The van der Waals surface area contributed by atoms with Gasteiger partial charge in [0.15, 0.2) is 0 Å². The first-order valence-corrected chi connectivity index (χ1v) is 6.19. The summed E-state index contributed by atoms with van der Waals surface area (Å²) in [5.74, 6) is 0.481. The Morgan fingerprint density at radius 3 is 2.89 bits per heavy atom. The first-order chi connectivity index (χ1) is 8.60. The third-order valence-electron chi connectivity index (χ3n) is 2.15. The Kier molecular flexibility index (Phi) is 3.98. The van der Waals surface area contributed by atoms with Gasteiger partial charge in [0, 0.05) is 18.3 Å². The molecule has 1 heterocycles. The minimum absolute atomic E-state index is 0.254. The highest BCUT2D eigenvalue weighted by molar-refractivity contribution is 9.10. The molecule has 18 heavy (non-hydrogen) atoms. The molecule has 0 atom stereocenters. The van der Waals surface area contributed by atoms with Gasteiger partial charge in [0.2, 0.25) is 5.95 Å². The molecule has 0 unspecified atom stereocenters. The highest BCUT2D eigenvalue weighted by atomic mass is 79.9. The van der Waals surface area contributed by atoms with Crippen LogP contribution in [-0.2, 0) is 0 Å². The third kappa shape index (κ3) is 2.88. The molecule has 0 amide bonds. The second kappa shape index (κ2) is 5.49. The van der Waals surface area contributed by atoms with E-state index in [4.69, 9.17) is 11.6 Å². The highest BCUT2D eigenvalue weighted by Gasteiger charge is 2.08. The van der Waals surface area contributed by atoms with Crippen molar-refractivity contribution < 1.29 is 4.39 Å². The maximum Gasteiger partial charge on any atom is 0.224 e. The van der Waals surface area contributed by atoms with E-state index in [-0.39, 0.29) is 5.69 Å². The minimum Gasteiger partial charge on any atom is -0.357 e. The van der Waals surface area contributed by atoms with Gasteiger partial charge in [-0.15, -0.1) is 0 Å². The van der Waals surface area contributed by atoms with Crippen LogP contribution in [0.25, 0.3) is 0 Å². The van der Waals surface area contributed by atoms with E-state index in [1.165, 1.54) is 18.2 Å². The molecule has 0 aliphatic carbocycles. The molecule has 0 fully saturated rings. The van der Waals surface area contributed by atoms with E-state index in [1.807, 2.05) is 0 Å². The summed E-state index contributed by atoms with van der Waals surface area (Å²) in [6, 6.07) is 4.26. The number of rotatable bonds is 3. The van der Waals surface area contributed by atoms with Crippen LogP contribution in [0.1, 0.15) is 0 Å². The summed E-state index contributed by atoms with van der Waals surface area (Å²) in [7, 11) is 1.70. The van der Waals surface area contributed by atoms with Gasteiger partial charge in [-0.05, 0) is 34.1 Å². The number of aromatic nitrogens is 2. The van der Waals surface area contributed by atoms with Gasteiger partial charge in [-0.1, -0.05) is 11.6 Å². The molecule has 0 spiro atoms. The normalized spacial score (nSPS) is 10.2. The van der Waals surface area contributed by atoms with Crippen LogP contribution in [0.5, 0.6) is 0 Å². The highest BCUT2D eigenvalue weighted by Crippen LogP contribution is 2.27.